The van der Waals surface area contributed by atoms with Gasteiger partial charge in [0.15, 0.2) is 5.82 Å². The third-order valence-electron chi connectivity index (χ3n) is 3.07. The number of nitrogens with one attached hydrogen (secondary N) is 1. The van der Waals surface area contributed by atoms with Crippen LogP contribution in [0.5, 0.6) is 5.75 Å². The number of halogens is 2. The SMILES string of the molecule is Oc1ccc(Cl)cc1/C=N/n1c(-c2ccccc2F)n[nH]c1=S. The van der Waals surface area contributed by atoms with Crippen LogP contribution in [0.15, 0.2) is 47.6 Å². The zero-order valence-electron chi connectivity index (χ0n) is 11.6. The maximum Gasteiger partial charge on any atom is 0.216 e. The van der Waals surface area contributed by atoms with Crippen LogP contribution in [-0.2, 0) is 0 Å². The lowest BCUT2D eigenvalue weighted by atomic mass is 10.2. The summed E-state index contributed by atoms with van der Waals surface area (Å²) in [5.41, 5.74) is 0.660. The van der Waals surface area contributed by atoms with Gasteiger partial charge >= 0.3 is 0 Å². The Bertz CT molecular complexity index is 951. The quantitative estimate of drug-likeness (QED) is 0.555. The number of phenolic OH excluding ortho intramolecular Hbond substituents is 1. The molecule has 8 heteroatoms. The molecule has 0 amide bonds. The Morgan fingerprint density at radius 1 is 1.30 bits per heavy atom. The van der Waals surface area contributed by atoms with Crippen molar-refractivity contribution in [2.24, 2.45) is 5.10 Å². The van der Waals surface area contributed by atoms with E-state index in [2.05, 4.69) is 15.3 Å². The second kappa shape index (κ2) is 6.31. The van der Waals surface area contributed by atoms with Gasteiger partial charge in [-0.25, -0.2) is 9.49 Å². The van der Waals surface area contributed by atoms with E-state index in [1.807, 2.05) is 0 Å². The number of aromatic nitrogens is 3. The van der Waals surface area contributed by atoms with E-state index >= 15 is 0 Å². The van der Waals surface area contributed by atoms with Gasteiger partial charge in [-0.2, -0.15) is 14.9 Å². The predicted octanol–water partition coefficient (Wildman–Crippen LogP) is 3.99. The summed E-state index contributed by atoms with van der Waals surface area (Å²) >= 11 is 11.0. The normalized spacial score (nSPS) is 11.2. The molecule has 0 aliphatic rings. The Kier molecular flexibility index (Phi) is 4.22. The third kappa shape index (κ3) is 3.15. The van der Waals surface area contributed by atoms with Gasteiger partial charge in [0.05, 0.1) is 11.8 Å². The number of aromatic amines is 1. The molecule has 0 radical (unpaired) electrons. The Labute approximate surface area is 140 Å². The van der Waals surface area contributed by atoms with E-state index in [9.17, 15) is 9.50 Å². The van der Waals surface area contributed by atoms with Gasteiger partial charge in [0.2, 0.25) is 4.77 Å². The highest BCUT2D eigenvalue weighted by Gasteiger charge is 2.12. The second-order valence-electron chi connectivity index (χ2n) is 4.59. The van der Waals surface area contributed by atoms with Crippen molar-refractivity contribution >= 4 is 30.0 Å². The molecule has 2 aromatic carbocycles. The largest absolute Gasteiger partial charge is 0.507 e. The molecule has 0 aliphatic carbocycles. The molecule has 0 saturated carbocycles. The van der Waals surface area contributed by atoms with Crippen molar-refractivity contribution in [2.75, 3.05) is 0 Å². The fourth-order valence-corrected chi connectivity index (χ4v) is 2.32. The minimum atomic E-state index is -0.441. The first-order chi connectivity index (χ1) is 11.1. The summed E-state index contributed by atoms with van der Waals surface area (Å²) in [7, 11) is 0. The van der Waals surface area contributed by atoms with E-state index < -0.39 is 5.82 Å². The number of rotatable bonds is 3. The molecule has 23 heavy (non-hydrogen) atoms. The zero-order valence-corrected chi connectivity index (χ0v) is 13.1. The average molecular weight is 349 g/mol. The first-order valence-electron chi connectivity index (χ1n) is 6.51. The fourth-order valence-electron chi connectivity index (χ4n) is 1.96. The summed E-state index contributed by atoms with van der Waals surface area (Å²) in [4.78, 5) is 0. The van der Waals surface area contributed by atoms with Gasteiger partial charge in [-0.15, -0.1) is 0 Å². The van der Waals surface area contributed by atoms with Crippen molar-refractivity contribution in [3.63, 3.8) is 0 Å². The molecule has 0 bridgehead atoms. The van der Waals surface area contributed by atoms with Gasteiger partial charge in [0.1, 0.15) is 11.6 Å². The number of aromatic hydroxyl groups is 1. The number of benzene rings is 2. The molecule has 0 unspecified atom stereocenters. The molecule has 3 aromatic rings. The summed E-state index contributed by atoms with van der Waals surface area (Å²) in [6.07, 6.45) is 1.37. The summed E-state index contributed by atoms with van der Waals surface area (Å²) in [5, 5.41) is 21.0. The number of phenols is 1. The Hall–Kier alpha value is -2.51. The van der Waals surface area contributed by atoms with E-state index in [0.717, 1.165) is 0 Å². The standard InChI is InChI=1S/C15H10ClFN4OS/c16-10-5-6-13(22)9(7-10)8-18-21-14(19-20-15(21)23)11-3-1-2-4-12(11)17/h1-8,22H,(H,20,23)/b18-8+. The van der Waals surface area contributed by atoms with Crippen LogP contribution in [0, 0.1) is 10.6 Å². The molecule has 0 fully saturated rings. The van der Waals surface area contributed by atoms with Crippen LogP contribution in [0.2, 0.25) is 5.02 Å². The van der Waals surface area contributed by atoms with Crippen molar-refractivity contribution in [3.8, 4) is 17.1 Å². The number of nitrogens with zero attached hydrogens (tertiary/aromatic N) is 3. The van der Waals surface area contributed by atoms with E-state index in [1.165, 1.54) is 23.0 Å². The molecular formula is C15H10ClFN4OS. The van der Waals surface area contributed by atoms with Gasteiger partial charge in [0, 0.05) is 10.6 Å². The van der Waals surface area contributed by atoms with E-state index in [0.29, 0.717) is 10.6 Å². The van der Waals surface area contributed by atoms with Crippen molar-refractivity contribution in [1.82, 2.24) is 14.9 Å². The van der Waals surface area contributed by atoms with Gasteiger partial charge in [-0.05, 0) is 42.5 Å². The molecular weight excluding hydrogens is 339 g/mol. The Balaban J connectivity index is 2.06. The highest BCUT2D eigenvalue weighted by molar-refractivity contribution is 7.71. The van der Waals surface area contributed by atoms with Crippen molar-refractivity contribution < 1.29 is 9.50 Å². The van der Waals surface area contributed by atoms with Crippen LogP contribution < -0.4 is 0 Å². The molecule has 5 nitrogen and oxygen atoms in total. The van der Waals surface area contributed by atoms with Crippen molar-refractivity contribution in [3.05, 3.63) is 63.6 Å². The van der Waals surface area contributed by atoms with Crippen LogP contribution in [0.4, 0.5) is 4.39 Å². The molecule has 2 N–H and O–H groups in total. The molecule has 116 valence electrons. The molecule has 1 aromatic heterocycles. The Morgan fingerprint density at radius 3 is 2.87 bits per heavy atom. The molecule has 0 spiro atoms. The lowest BCUT2D eigenvalue weighted by molar-refractivity contribution is 0.474. The summed E-state index contributed by atoms with van der Waals surface area (Å²) < 4.78 is 15.4. The van der Waals surface area contributed by atoms with E-state index in [-0.39, 0.29) is 21.9 Å². The molecule has 3 rings (SSSR count). The number of hydrogen-bond acceptors (Lipinski definition) is 4. The van der Waals surface area contributed by atoms with E-state index in [1.54, 1.807) is 30.3 Å². The van der Waals surface area contributed by atoms with Gasteiger partial charge in [-0.1, -0.05) is 23.7 Å². The van der Waals surface area contributed by atoms with Crippen LogP contribution in [0.1, 0.15) is 5.56 Å². The average Bonchev–Trinajstić information content (AvgIpc) is 2.89. The van der Waals surface area contributed by atoms with Crippen LogP contribution in [0.25, 0.3) is 11.4 Å². The van der Waals surface area contributed by atoms with Crippen molar-refractivity contribution in [1.29, 1.82) is 0 Å². The van der Waals surface area contributed by atoms with Crippen molar-refractivity contribution in [2.45, 2.75) is 0 Å². The molecule has 1 heterocycles. The smallest absolute Gasteiger partial charge is 0.216 e. The third-order valence-corrected chi connectivity index (χ3v) is 3.57. The van der Waals surface area contributed by atoms with E-state index in [4.69, 9.17) is 23.8 Å². The molecule has 0 aliphatic heterocycles. The van der Waals surface area contributed by atoms with Crippen LogP contribution >= 0.6 is 23.8 Å². The maximum atomic E-state index is 13.9. The van der Waals surface area contributed by atoms with Gasteiger partial charge < -0.3 is 5.11 Å². The predicted molar refractivity (Wildman–Crippen MR) is 88.9 cm³/mol. The summed E-state index contributed by atoms with van der Waals surface area (Å²) in [5.74, 6) is -0.199. The first-order valence-corrected chi connectivity index (χ1v) is 7.30. The minimum Gasteiger partial charge on any atom is -0.507 e. The molecule has 0 saturated heterocycles. The summed E-state index contributed by atoms with van der Waals surface area (Å²) in [6.45, 7) is 0. The lowest BCUT2D eigenvalue weighted by Crippen LogP contribution is -1.97. The highest BCUT2D eigenvalue weighted by atomic mass is 35.5. The van der Waals surface area contributed by atoms with Gasteiger partial charge in [0.25, 0.3) is 0 Å². The summed E-state index contributed by atoms with van der Waals surface area (Å²) in [6, 6.07) is 10.7. The van der Waals surface area contributed by atoms with Gasteiger partial charge in [-0.3, -0.25) is 0 Å². The van der Waals surface area contributed by atoms with Crippen LogP contribution in [0.3, 0.4) is 0 Å². The maximum absolute atomic E-state index is 13.9. The Morgan fingerprint density at radius 2 is 2.09 bits per heavy atom. The number of H-pyrrole nitrogens is 1. The zero-order chi connectivity index (χ0) is 16.4. The lowest BCUT2D eigenvalue weighted by Gasteiger charge is -2.03. The molecule has 0 atom stereocenters. The topological polar surface area (TPSA) is 66.2 Å². The monoisotopic (exact) mass is 348 g/mol. The fraction of sp³-hybridized carbons (Fsp3) is 0. The second-order valence-corrected chi connectivity index (χ2v) is 5.41. The number of hydrogen-bond donors (Lipinski definition) is 2. The minimum absolute atomic E-state index is 0.0144. The first kappa shape index (κ1) is 15.4. The highest BCUT2D eigenvalue weighted by Crippen LogP contribution is 2.22. The van der Waals surface area contributed by atoms with Crippen LogP contribution in [-0.4, -0.2) is 26.2 Å².